The van der Waals surface area contributed by atoms with E-state index in [-0.39, 0.29) is 11.9 Å². The smallest absolute Gasteiger partial charge is 0.170 e. The van der Waals surface area contributed by atoms with Crippen LogP contribution in [0.25, 0.3) is 0 Å². The summed E-state index contributed by atoms with van der Waals surface area (Å²) in [7, 11) is 1.62. The first kappa shape index (κ1) is 13.6. The monoisotopic (exact) mass is 283 g/mol. The van der Waals surface area contributed by atoms with Crippen molar-refractivity contribution in [3.05, 3.63) is 59.2 Å². The molecule has 2 N–H and O–H groups in total. The largest absolute Gasteiger partial charge is 0.497 e. The molecule has 3 rings (SSSR count). The maximum Gasteiger partial charge on any atom is 0.170 e. The quantitative estimate of drug-likeness (QED) is 0.941. The molecule has 0 saturated heterocycles. The maximum absolute atomic E-state index is 12.3. The van der Waals surface area contributed by atoms with E-state index in [1.807, 2.05) is 36.4 Å². The van der Waals surface area contributed by atoms with E-state index in [9.17, 15) is 4.79 Å². The number of ether oxygens (including phenoxy) is 2. The van der Waals surface area contributed by atoms with Crippen LogP contribution in [-0.2, 0) is 6.54 Å². The number of benzene rings is 2. The number of para-hydroxylation sites is 1. The minimum absolute atomic E-state index is 0.0902. The fourth-order valence-corrected chi connectivity index (χ4v) is 2.57. The zero-order valence-corrected chi connectivity index (χ0v) is 11.8. The third kappa shape index (κ3) is 2.50. The fourth-order valence-electron chi connectivity index (χ4n) is 2.57. The van der Waals surface area contributed by atoms with E-state index in [4.69, 9.17) is 15.2 Å². The first-order valence-electron chi connectivity index (χ1n) is 6.88. The van der Waals surface area contributed by atoms with Gasteiger partial charge in [0.15, 0.2) is 5.78 Å². The topological polar surface area (TPSA) is 61.5 Å². The van der Waals surface area contributed by atoms with Crippen LogP contribution in [0, 0.1) is 0 Å². The highest BCUT2D eigenvalue weighted by Gasteiger charge is 2.29. The molecule has 0 saturated carbocycles. The van der Waals surface area contributed by atoms with Gasteiger partial charge in [-0.05, 0) is 23.8 Å². The van der Waals surface area contributed by atoms with E-state index in [0.717, 1.165) is 16.9 Å². The van der Waals surface area contributed by atoms with Gasteiger partial charge in [0, 0.05) is 12.1 Å². The number of fused-ring (bicyclic) bond motifs is 1. The van der Waals surface area contributed by atoms with Crippen molar-refractivity contribution in [2.75, 3.05) is 7.11 Å². The standard InChI is InChI=1S/C17H17NO3/c1-20-13-7-5-11(6-8-13)16-9-15(19)14-4-2-3-12(10-18)17(14)21-16/h2-8,16H,9-10,18H2,1H3. The van der Waals surface area contributed by atoms with Crippen LogP contribution in [0.5, 0.6) is 11.5 Å². The molecule has 0 amide bonds. The molecule has 0 bridgehead atoms. The Morgan fingerprint density at radius 3 is 2.67 bits per heavy atom. The molecule has 4 nitrogen and oxygen atoms in total. The van der Waals surface area contributed by atoms with Gasteiger partial charge in [0.25, 0.3) is 0 Å². The molecular formula is C17H17NO3. The van der Waals surface area contributed by atoms with E-state index in [2.05, 4.69) is 0 Å². The second kappa shape index (κ2) is 5.58. The lowest BCUT2D eigenvalue weighted by molar-refractivity contribution is 0.0848. The lowest BCUT2D eigenvalue weighted by Crippen LogP contribution is -2.22. The highest BCUT2D eigenvalue weighted by Crippen LogP contribution is 2.37. The molecule has 1 atom stereocenters. The number of methoxy groups -OCH3 is 1. The van der Waals surface area contributed by atoms with E-state index >= 15 is 0 Å². The lowest BCUT2D eigenvalue weighted by Gasteiger charge is -2.27. The Labute approximate surface area is 123 Å². The van der Waals surface area contributed by atoms with Crippen molar-refractivity contribution < 1.29 is 14.3 Å². The van der Waals surface area contributed by atoms with E-state index in [1.165, 1.54) is 0 Å². The number of rotatable bonds is 3. The summed E-state index contributed by atoms with van der Waals surface area (Å²) < 4.78 is 11.2. The van der Waals surface area contributed by atoms with Crippen LogP contribution >= 0.6 is 0 Å². The summed E-state index contributed by atoms with van der Waals surface area (Å²) >= 11 is 0. The van der Waals surface area contributed by atoms with Crippen LogP contribution in [0.3, 0.4) is 0 Å². The van der Waals surface area contributed by atoms with Crippen molar-refractivity contribution in [2.45, 2.75) is 19.1 Å². The minimum atomic E-state index is -0.274. The van der Waals surface area contributed by atoms with Crippen LogP contribution < -0.4 is 15.2 Å². The van der Waals surface area contributed by atoms with Gasteiger partial charge in [0.1, 0.15) is 17.6 Å². The number of hydrogen-bond donors (Lipinski definition) is 1. The molecule has 0 radical (unpaired) electrons. The molecule has 4 heteroatoms. The van der Waals surface area contributed by atoms with Crippen molar-refractivity contribution in [1.82, 2.24) is 0 Å². The highest BCUT2D eigenvalue weighted by atomic mass is 16.5. The average molecular weight is 283 g/mol. The molecular weight excluding hydrogens is 266 g/mol. The van der Waals surface area contributed by atoms with Crippen LogP contribution in [0.2, 0.25) is 0 Å². The summed E-state index contributed by atoms with van der Waals surface area (Å²) in [6, 6.07) is 13.1. The van der Waals surface area contributed by atoms with Gasteiger partial charge in [-0.1, -0.05) is 24.3 Å². The normalized spacial score (nSPS) is 17.0. The molecule has 1 heterocycles. The molecule has 0 aromatic heterocycles. The Kier molecular flexibility index (Phi) is 3.62. The van der Waals surface area contributed by atoms with Crippen LogP contribution in [0.4, 0.5) is 0 Å². The number of ketones is 1. The number of carbonyl (C=O) groups is 1. The number of hydrogen-bond acceptors (Lipinski definition) is 4. The summed E-state index contributed by atoms with van der Waals surface area (Å²) in [5.74, 6) is 1.49. The summed E-state index contributed by atoms with van der Waals surface area (Å²) in [6.45, 7) is 0.353. The zero-order valence-electron chi connectivity index (χ0n) is 11.8. The minimum Gasteiger partial charge on any atom is -0.497 e. The lowest BCUT2D eigenvalue weighted by atomic mass is 9.94. The van der Waals surface area contributed by atoms with E-state index in [1.54, 1.807) is 13.2 Å². The SMILES string of the molecule is COc1ccc(C2CC(=O)c3cccc(CN)c3O2)cc1. The Balaban J connectivity index is 1.95. The predicted octanol–water partition coefficient (Wildman–Crippen LogP) is 2.86. The maximum atomic E-state index is 12.3. The molecule has 2 aromatic carbocycles. The third-order valence-corrected chi connectivity index (χ3v) is 3.74. The fraction of sp³-hybridized carbons (Fsp3) is 0.235. The van der Waals surface area contributed by atoms with Gasteiger partial charge in [-0.3, -0.25) is 4.79 Å². The van der Waals surface area contributed by atoms with Crippen LogP contribution in [0.15, 0.2) is 42.5 Å². The molecule has 2 aromatic rings. The van der Waals surface area contributed by atoms with Crippen LogP contribution in [-0.4, -0.2) is 12.9 Å². The Morgan fingerprint density at radius 1 is 1.24 bits per heavy atom. The molecule has 0 aliphatic carbocycles. The van der Waals surface area contributed by atoms with Crippen molar-refractivity contribution in [1.29, 1.82) is 0 Å². The van der Waals surface area contributed by atoms with E-state index < -0.39 is 0 Å². The average Bonchev–Trinajstić information content (AvgIpc) is 2.54. The number of nitrogens with two attached hydrogens (primary N) is 1. The number of carbonyl (C=O) groups excluding carboxylic acids is 1. The van der Waals surface area contributed by atoms with Crippen molar-refractivity contribution in [2.24, 2.45) is 5.73 Å². The summed E-state index contributed by atoms with van der Waals surface area (Å²) in [5, 5.41) is 0. The van der Waals surface area contributed by atoms with Gasteiger partial charge in [-0.2, -0.15) is 0 Å². The third-order valence-electron chi connectivity index (χ3n) is 3.74. The highest BCUT2D eigenvalue weighted by molar-refractivity contribution is 6.00. The summed E-state index contributed by atoms with van der Waals surface area (Å²) in [5.41, 5.74) is 8.18. The molecule has 108 valence electrons. The molecule has 1 unspecified atom stereocenters. The molecule has 0 fully saturated rings. The van der Waals surface area contributed by atoms with Crippen molar-refractivity contribution in [3.8, 4) is 11.5 Å². The van der Waals surface area contributed by atoms with Gasteiger partial charge >= 0.3 is 0 Å². The summed E-state index contributed by atoms with van der Waals surface area (Å²) in [6.07, 6.45) is 0.0662. The Morgan fingerprint density at radius 2 is 2.00 bits per heavy atom. The zero-order chi connectivity index (χ0) is 14.8. The number of Topliss-reactive ketones (excluding diaryl/α,β-unsaturated/α-hetero) is 1. The van der Waals surface area contributed by atoms with E-state index in [0.29, 0.717) is 24.3 Å². The van der Waals surface area contributed by atoms with Gasteiger partial charge in [-0.15, -0.1) is 0 Å². The first-order valence-corrected chi connectivity index (χ1v) is 6.88. The van der Waals surface area contributed by atoms with Gasteiger partial charge in [0.05, 0.1) is 19.1 Å². The Hall–Kier alpha value is -2.33. The van der Waals surface area contributed by atoms with Crippen molar-refractivity contribution in [3.63, 3.8) is 0 Å². The Bertz CT molecular complexity index is 664. The van der Waals surface area contributed by atoms with Gasteiger partial charge < -0.3 is 15.2 Å². The van der Waals surface area contributed by atoms with Gasteiger partial charge in [-0.25, -0.2) is 0 Å². The molecule has 0 spiro atoms. The first-order chi connectivity index (χ1) is 10.2. The predicted molar refractivity (Wildman–Crippen MR) is 79.6 cm³/mol. The summed E-state index contributed by atoms with van der Waals surface area (Å²) in [4.78, 5) is 12.3. The van der Waals surface area contributed by atoms with Crippen molar-refractivity contribution >= 4 is 5.78 Å². The molecule has 21 heavy (non-hydrogen) atoms. The van der Waals surface area contributed by atoms with Crippen LogP contribution in [0.1, 0.15) is 34.0 Å². The second-order valence-electron chi connectivity index (χ2n) is 5.00. The second-order valence-corrected chi connectivity index (χ2v) is 5.00. The molecule has 1 aliphatic rings. The van der Waals surface area contributed by atoms with Gasteiger partial charge in [0.2, 0.25) is 0 Å². The molecule has 1 aliphatic heterocycles.